The van der Waals surface area contributed by atoms with Gasteiger partial charge in [0.25, 0.3) is 0 Å². The fourth-order valence-electron chi connectivity index (χ4n) is 3.48. The molecule has 0 bridgehead atoms. The largest absolute Gasteiger partial charge is 0.331 e. The molecule has 0 spiro atoms. The number of nitrogens with zero attached hydrogens (tertiary/aromatic N) is 2. The Bertz CT molecular complexity index is 800. The molecule has 0 radical (unpaired) electrons. The standard InChI is InChI=1S/C20H23ClN2O2S/c1-13(2)23(14(3)24)12-19(25)22-10-8-18-17(9-11-26-18)20(22)15-4-6-16(21)7-5-15/h4-7,9,11,13,20H,8,10,12H2,1-3H3. The number of carbonyl (C=O) groups is 2. The molecule has 1 aromatic heterocycles. The molecule has 0 fully saturated rings. The van der Waals surface area contributed by atoms with Crippen LogP contribution in [0, 0.1) is 0 Å². The van der Waals surface area contributed by atoms with E-state index < -0.39 is 0 Å². The van der Waals surface area contributed by atoms with E-state index in [1.54, 1.807) is 16.2 Å². The van der Waals surface area contributed by atoms with Crippen LogP contribution in [0.2, 0.25) is 5.02 Å². The van der Waals surface area contributed by atoms with Crippen molar-refractivity contribution in [3.63, 3.8) is 0 Å². The highest BCUT2D eigenvalue weighted by Crippen LogP contribution is 2.38. The molecule has 26 heavy (non-hydrogen) atoms. The van der Waals surface area contributed by atoms with Gasteiger partial charge < -0.3 is 9.80 Å². The quantitative estimate of drug-likeness (QED) is 0.787. The lowest BCUT2D eigenvalue weighted by Gasteiger charge is -2.38. The molecule has 1 aromatic carbocycles. The first-order chi connectivity index (χ1) is 12.4. The van der Waals surface area contributed by atoms with Gasteiger partial charge in [0.2, 0.25) is 11.8 Å². The third kappa shape index (κ3) is 3.79. The van der Waals surface area contributed by atoms with E-state index in [0.29, 0.717) is 11.6 Å². The summed E-state index contributed by atoms with van der Waals surface area (Å²) in [7, 11) is 0. The monoisotopic (exact) mass is 390 g/mol. The summed E-state index contributed by atoms with van der Waals surface area (Å²) < 4.78 is 0. The van der Waals surface area contributed by atoms with Gasteiger partial charge in [0.05, 0.1) is 12.6 Å². The Morgan fingerprint density at radius 2 is 1.96 bits per heavy atom. The fraction of sp³-hybridized carbons (Fsp3) is 0.400. The van der Waals surface area contributed by atoms with Gasteiger partial charge in [-0.1, -0.05) is 23.7 Å². The van der Waals surface area contributed by atoms with Gasteiger partial charge in [0, 0.05) is 29.4 Å². The van der Waals surface area contributed by atoms with Crippen LogP contribution in [0.4, 0.5) is 0 Å². The molecule has 2 aromatic rings. The molecular formula is C20H23ClN2O2S. The van der Waals surface area contributed by atoms with Crippen molar-refractivity contribution in [1.29, 1.82) is 0 Å². The van der Waals surface area contributed by atoms with Crippen LogP contribution in [-0.4, -0.2) is 40.7 Å². The molecule has 0 saturated carbocycles. The smallest absolute Gasteiger partial charge is 0.243 e. The van der Waals surface area contributed by atoms with E-state index in [4.69, 9.17) is 11.6 Å². The van der Waals surface area contributed by atoms with E-state index >= 15 is 0 Å². The summed E-state index contributed by atoms with van der Waals surface area (Å²) in [6.45, 7) is 6.13. The summed E-state index contributed by atoms with van der Waals surface area (Å²) in [5.41, 5.74) is 2.22. The second-order valence-electron chi connectivity index (χ2n) is 6.83. The zero-order valence-corrected chi connectivity index (χ0v) is 16.8. The van der Waals surface area contributed by atoms with Crippen molar-refractivity contribution in [2.75, 3.05) is 13.1 Å². The van der Waals surface area contributed by atoms with Gasteiger partial charge in [-0.25, -0.2) is 0 Å². The van der Waals surface area contributed by atoms with Crippen molar-refractivity contribution in [2.45, 2.75) is 39.3 Å². The molecule has 2 amide bonds. The van der Waals surface area contributed by atoms with Crippen LogP contribution in [-0.2, 0) is 16.0 Å². The van der Waals surface area contributed by atoms with E-state index in [0.717, 1.165) is 12.0 Å². The van der Waals surface area contributed by atoms with Crippen molar-refractivity contribution in [1.82, 2.24) is 9.80 Å². The van der Waals surface area contributed by atoms with Crippen LogP contribution >= 0.6 is 22.9 Å². The zero-order chi connectivity index (χ0) is 18.8. The molecule has 3 rings (SSSR count). The number of hydrogen-bond donors (Lipinski definition) is 0. The second-order valence-corrected chi connectivity index (χ2v) is 8.27. The van der Waals surface area contributed by atoms with E-state index in [1.165, 1.54) is 17.4 Å². The van der Waals surface area contributed by atoms with Gasteiger partial charge in [0.1, 0.15) is 0 Å². The van der Waals surface area contributed by atoms with Gasteiger partial charge in [-0.05, 0) is 55.0 Å². The van der Waals surface area contributed by atoms with Gasteiger partial charge in [0.15, 0.2) is 0 Å². The number of fused-ring (bicyclic) bond motifs is 1. The van der Waals surface area contributed by atoms with Crippen molar-refractivity contribution < 1.29 is 9.59 Å². The summed E-state index contributed by atoms with van der Waals surface area (Å²) in [5, 5.41) is 2.76. The first-order valence-corrected chi connectivity index (χ1v) is 10.0. The van der Waals surface area contributed by atoms with Crippen LogP contribution in [0.5, 0.6) is 0 Å². The number of rotatable bonds is 4. The number of halogens is 1. The van der Waals surface area contributed by atoms with Gasteiger partial charge in [-0.2, -0.15) is 0 Å². The molecule has 0 N–H and O–H groups in total. The summed E-state index contributed by atoms with van der Waals surface area (Å²) >= 11 is 7.78. The molecule has 4 nitrogen and oxygen atoms in total. The van der Waals surface area contributed by atoms with E-state index in [2.05, 4.69) is 11.4 Å². The maximum Gasteiger partial charge on any atom is 0.243 e. The fourth-order valence-corrected chi connectivity index (χ4v) is 4.51. The second kappa shape index (κ2) is 7.80. The van der Waals surface area contributed by atoms with Gasteiger partial charge in [-0.15, -0.1) is 11.3 Å². The van der Waals surface area contributed by atoms with Gasteiger partial charge >= 0.3 is 0 Å². The SMILES string of the molecule is CC(=O)N(CC(=O)N1CCc2sccc2C1c1ccc(Cl)cc1)C(C)C. The summed E-state index contributed by atoms with van der Waals surface area (Å²) in [5.74, 6) is -0.102. The molecular weight excluding hydrogens is 368 g/mol. The molecule has 1 atom stereocenters. The lowest BCUT2D eigenvalue weighted by molar-refractivity contribution is -0.142. The highest BCUT2D eigenvalue weighted by atomic mass is 35.5. The van der Waals surface area contributed by atoms with Crippen LogP contribution in [0.15, 0.2) is 35.7 Å². The molecule has 1 aliphatic heterocycles. The lowest BCUT2D eigenvalue weighted by Crippen LogP contribution is -2.48. The number of amides is 2. The van der Waals surface area contributed by atoms with Crippen molar-refractivity contribution in [2.24, 2.45) is 0 Å². The van der Waals surface area contributed by atoms with Crippen LogP contribution in [0.25, 0.3) is 0 Å². The molecule has 138 valence electrons. The Kier molecular flexibility index (Phi) is 5.68. The molecule has 2 heterocycles. The Morgan fingerprint density at radius 1 is 1.27 bits per heavy atom. The van der Waals surface area contributed by atoms with Crippen molar-refractivity contribution in [3.05, 3.63) is 56.7 Å². The van der Waals surface area contributed by atoms with Crippen molar-refractivity contribution in [3.8, 4) is 0 Å². The minimum Gasteiger partial charge on any atom is -0.331 e. The molecule has 0 aliphatic carbocycles. The Morgan fingerprint density at radius 3 is 2.58 bits per heavy atom. The van der Waals surface area contributed by atoms with Crippen molar-refractivity contribution >= 4 is 34.8 Å². The van der Waals surface area contributed by atoms with E-state index in [-0.39, 0.29) is 30.4 Å². The minimum absolute atomic E-state index is 0.00747. The summed E-state index contributed by atoms with van der Waals surface area (Å²) in [6.07, 6.45) is 0.852. The third-order valence-electron chi connectivity index (χ3n) is 4.81. The third-order valence-corrected chi connectivity index (χ3v) is 6.05. The average molecular weight is 391 g/mol. The van der Waals surface area contributed by atoms with Crippen LogP contribution < -0.4 is 0 Å². The number of carbonyl (C=O) groups excluding carboxylic acids is 2. The minimum atomic E-state index is -0.129. The summed E-state index contributed by atoms with van der Waals surface area (Å²) in [4.78, 5) is 29.8. The zero-order valence-electron chi connectivity index (χ0n) is 15.2. The Labute approximate surface area is 163 Å². The Balaban J connectivity index is 1.93. The predicted octanol–water partition coefficient (Wildman–Crippen LogP) is 4.13. The maximum absolute atomic E-state index is 13.1. The Hall–Kier alpha value is -1.85. The molecule has 6 heteroatoms. The number of hydrogen-bond acceptors (Lipinski definition) is 3. The van der Waals surface area contributed by atoms with Gasteiger partial charge in [-0.3, -0.25) is 9.59 Å². The molecule has 1 aliphatic rings. The van der Waals surface area contributed by atoms with Crippen LogP contribution in [0.1, 0.15) is 42.8 Å². The number of thiophene rings is 1. The first kappa shape index (κ1) is 18.9. The average Bonchev–Trinajstić information content (AvgIpc) is 3.07. The predicted molar refractivity (Wildman–Crippen MR) is 106 cm³/mol. The normalized spacial score (nSPS) is 16.5. The summed E-state index contributed by atoms with van der Waals surface area (Å²) in [6, 6.07) is 9.63. The highest BCUT2D eigenvalue weighted by Gasteiger charge is 2.33. The molecule has 1 unspecified atom stereocenters. The van der Waals surface area contributed by atoms with E-state index in [9.17, 15) is 9.59 Å². The number of benzene rings is 1. The van der Waals surface area contributed by atoms with Crippen LogP contribution in [0.3, 0.4) is 0 Å². The van der Waals surface area contributed by atoms with E-state index in [1.807, 2.05) is 43.0 Å². The highest BCUT2D eigenvalue weighted by molar-refractivity contribution is 7.10. The molecule has 0 saturated heterocycles. The topological polar surface area (TPSA) is 40.6 Å². The lowest BCUT2D eigenvalue weighted by atomic mass is 9.93. The maximum atomic E-state index is 13.1. The first-order valence-electron chi connectivity index (χ1n) is 8.77.